The van der Waals surface area contributed by atoms with Crippen molar-refractivity contribution in [3.63, 3.8) is 0 Å². The van der Waals surface area contributed by atoms with Crippen LogP contribution in [0.2, 0.25) is 0 Å². The van der Waals surface area contributed by atoms with Gasteiger partial charge in [-0.2, -0.15) is 0 Å². The van der Waals surface area contributed by atoms with Crippen molar-refractivity contribution in [2.24, 2.45) is 11.3 Å². The summed E-state index contributed by atoms with van der Waals surface area (Å²) in [6.45, 7) is 5.42. The Balaban J connectivity index is 0.00000180. The monoisotopic (exact) mass is 288 g/mol. The van der Waals surface area contributed by atoms with Crippen molar-refractivity contribution in [3.05, 3.63) is 0 Å². The van der Waals surface area contributed by atoms with E-state index in [9.17, 15) is 4.79 Å². The fraction of sp³-hybridized carbons (Fsp3) is 0.933. The van der Waals surface area contributed by atoms with Gasteiger partial charge in [0.15, 0.2) is 0 Å². The van der Waals surface area contributed by atoms with Gasteiger partial charge < -0.3 is 10.6 Å². The molecule has 4 heteroatoms. The molecule has 2 N–H and O–H groups in total. The van der Waals surface area contributed by atoms with Crippen LogP contribution in [0.15, 0.2) is 0 Å². The maximum atomic E-state index is 11.9. The van der Waals surface area contributed by atoms with E-state index in [2.05, 4.69) is 17.6 Å². The van der Waals surface area contributed by atoms with Crippen molar-refractivity contribution in [1.82, 2.24) is 10.6 Å². The molecule has 2 rings (SSSR count). The number of halogens is 1. The van der Waals surface area contributed by atoms with Gasteiger partial charge in [0.25, 0.3) is 0 Å². The Morgan fingerprint density at radius 2 is 2.00 bits per heavy atom. The molecule has 2 fully saturated rings. The first kappa shape index (κ1) is 16.8. The van der Waals surface area contributed by atoms with Crippen molar-refractivity contribution < 1.29 is 4.79 Å². The number of rotatable bonds is 6. The summed E-state index contributed by atoms with van der Waals surface area (Å²) in [6, 6.07) is 0. The van der Waals surface area contributed by atoms with Gasteiger partial charge in [0.2, 0.25) is 5.91 Å². The molecule has 2 aliphatic rings. The van der Waals surface area contributed by atoms with Crippen LogP contribution in [0.3, 0.4) is 0 Å². The van der Waals surface area contributed by atoms with Crippen LogP contribution in [0.4, 0.5) is 0 Å². The average molecular weight is 289 g/mol. The third kappa shape index (κ3) is 4.96. The summed E-state index contributed by atoms with van der Waals surface area (Å²) >= 11 is 0. The lowest BCUT2D eigenvalue weighted by Crippen LogP contribution is -2.41. The Morgan fingerprint density at radius 3 is 2.53 bits per heavy atom. The lowest BCUT2D eigenvalue weighted by atomic mass is 9.67. The minimum Gasteiger partial charge on any atom is -0.356 e. The van der Waals surface area contributed by atoms with E-state index in [1.807, 2.05) is 0 Å². The normalized spacial score (nSPS) is 22.2. The van der Waals surface area contributed by atoms with Gasteiger partial charge in [0.05, 0.1) is 0 Å². The first-order chi connectivity index (χ1) is 8.74. The van der Waals surface area contributed by atoms with E-state index in [1.165, 1.54) is 38.5 Å². The van der Waals surface area contributed by atoms with Crippen LogP contribution in [-0.4, -0.2) is 25.5 Å². The van der Waals surface area contributed by atoms with Crippen molar-refractivity contribution in [2.45, 2.75) is 58.3 Å². The van der Waals surface area contributed by atoms with E-state index < -0.39 is 0 Å². The second-order valence-electron chi connectivity index (χ2n) is 6.22. The lowest BCUT2D eigenvalue weighted by Gasteiger charge is -2.41. The van der Waals surface area contributed by atoms with E-state index in [4.69, 9.17) is 0 Å². The molecule has 112 valence electrons. The highest BCUT2D eigenvalue weighted by Gasteiger charge is 2.35. The van der Waals surface area contributed by atoms with Gasteiger partial charge in [-0.15, -0.1) is 12.4 Å². The fourth-order valence-electron chi connectivity index (χ4n) is 3.21. The van der Waals surface area contributed by atoms with E-state index in [1.54, 1.807) is 0 Å². The highest BCUT2D eigenvalue weighted by Crippen LogP contribution is 2.43. The third-order valence-electron chi connectivity index (χ3n) is 5.06. The highest BCUT2D eigenvalue weighted by atomic mass is 35.5. The van der Waals surface area contributed by atoms with Crippen LogP contribution >= 0.6 is 12.4 Å². The molecule has 0 unspecified atom stereocenters. The summed E-state index contributed by atoms with van der Waals surface area (Å²) in [7, 11) is 0. The Morgan fingerprint density at radius 1 is 1.32 bits per heavy atom. The van der Waals surface area contributed by atoms with E-state index in [-0.39, 0.29) is 18.3 Å². The van der Waals surface area contributed by atoms with E-state index >= 15 is 0 Å². The van der Waals surface area contributed by atoms with Gasteiger partial charge >= 0.3 is 0 Å². The summed E-state index contributed by atoms with van der Waals surface area (Å²) in [5, 5.41) is 6.53. The molecule has 1 saturated heterocycles. The van der Waals surface area contributed by atoms with Crippen LogP contribution in [0.25, 0.3) is 0 Å². The first-order valence-electron chi connectivity index (χ1n) is 7.71. The maximum absolute atomic E-state index is 11.9. The highest BCUT2D eigenvalue weighted by molar-refractivity contribution is 5.85. The summed E-state index contributed by atoms with van der Waals surface area (Å²) in [5.74, 6) is 1.04. The molecule has 0 spiro atoms. The summed E-state index contributed by atoms with van der Waals surface area (Å²) in [4.78, 5) is 11.9. The molecule has 0 bridgehead atoms. The Kier molecular flexibility index (Phi) is 7.16. The summed E-state index contributed by atoms with van der Waals surface area (Å²) in [6.07, 6.45) is 9.45. The standard InChI is InChI=1S/C15H28N2O.ClH/c1-2-15(8-3-9-15)12-17-14(18)5-4-13-6-10-16-11-7-13;/h13,16H,2-12H2,1H3,(H,17,18);1H. The summed E-state index contributed by atoms with van der Waals surface area (Å²) < 4.78 is 0. The summed E-state index contributed by atoms with van der Waals surface area (Å²) in [5.41, 5.74) is 0.449. The minimum atomic E-state index is 0. The third-order valence-corrected chi connectivity index (χ3v) is 5.06. The molecule has 0 radical (unpaired) electrons. The SMILES string of the molecule is CCC1(CNC(=O)CCC2CCNCC2)CCC1.Cl. The minimum absolute atomic E-state index is 0. The van der Waals surface area contributed by atoms with Gasteiger partial charge in [-0.1, -0.05) is 13.3 Å². The van der Waals surface area contributed by atoms with Crippen molar-refractivity contribution in [3.8, 4) is 0 Å². The number of hydrogen-bond acceptors (Lipinski definition) is 2. The van der Waals surface area contributed by atoms with Crippen LogP contribution in [-0.2, 0) is 4.79 Å². The Bertz CT molecular complexity index is 268. The molecule has 0 aromatic carbocycles. The first-order valence-corrected chi connectivity index (χ1v) is 7.71. The molecule has 0 aromatic heterocycles. The number of nitrogens with one attached hydrogen (secondary N) is 2. The largest absolute Gasteiger partial charge is 0.356 e. The van der Waals surface area contributed by atoms with Crippen LogP contribution < -0.4 is 10.6 Å². The fourth-order valence-corrected chi connectivity index (χ4v) is 3.21. The number of carbonyl (C=O) groups excluding carboxylic acids is 1. The Hall–Kier alpha value is -0.280. The number of amides is 1. The molecule has 1 aliphatic carbocycles. The maximum Gasteiger partial charge on any atom is 0.220 e. The second kappa shape index (κ2) is 8.11. The molecule has 3 nitrogen and oxygen atoms in total. The van der Waals surface area contributed by atoms with Crippen molar-refractivity contribution >= 4 is 18.3 Å². The zero-order valence-corrected chi connectivity index (χ0v) is 13.0. The van der Waals surface area contributed by atoms with Crippen molar-refractivity contribution in [2.75, 3.05) is 19.6 Å². The zero-order chi connectivity index (χ0) is 12.8. The van der Waals surface area contributed by atoms with Gasteiger partial charge in [0.1, 0.15) is 0 Å². The number of hydrogen-bond donors (Lipinski definition) is 2. The average Bonchev–Trinajstić information content (AvgIpc) is 2.37. The second-order valence-corrected chi connectivity index (χ2v) is 6.22. The van der Waals surface area contributed by atoms with Crippen LogP contribution in [0.1, 0.15) is 58.3 Å². The van der Waals surface area contributed by atoms with E-state index in [0.717, 1.165) is 38.4 Å². The molecular weight excluding hydrogens is 260 g/mol. The van der Waals surface area contributed by atoms with Crippen LogP contribution in [0.5, 0.6) is 0 Å². The predicted octanol–water partition coefficient (Wildman–Crippen LogP) is 2.88. The molecule has 1 aliphatic heterocycles. The molecule has 1 heterocycles. The number of carbonyl (C=O) groups is 1. The van der Waals surface area contributed by atoms with Gasteiger partial charge in [-0.25, -0.2) is 0 Å². The van der Waals surface area contributed by atoms with Crippen LogP contribution in [0, 0.1) is 11.3 Å². The van der Waals surface area contributed by atoms with Gasteiger partial charge in [-0.3, -0.25) is 4.79 Å². The van der Waals surface area contributed by atoms with E-state index in [0.29, 0.717) is 5.41 Å². The molecule has 1 amide bonds. The molecule has 19 heavy (non-hydrogen) atoms. The topological polar surface area (TPSA) is 41.1 Å². The van der Waals surface area contributed by atoms with Gasteiger partial charge in [-0.05, 0) is 62.9 Å². The number of piperidine rings is 1. The Labute approximate surface area is 123 Å². The quantitative estimate of drug-likeness (QED) is 0.789. The lowest BCUT2D eigenvalue weighted by molar-refractivity contribution is -0.122. The van der Waals surface area contributed by atoms with Gasteiger partial charge in [0, 0.05) is 13.0 Å². The smallest absolute Gasteiger partial charge is 0.220 e. The molecule has 0 atom stereocenters. The van der Waals surface area contributed by atoms with Crippen molar-refractivity contribution in [1.29, 1.82) is 0 Å². The molecular formula is C15H29ClN2O. The molecule has 0 aromatic rings. The predicted molar refractivity (Wildman–Crippen MR) is 81.7 cm³/mol. The zero-order valence-electron chi connectivity index (χ0n) is 12.2. The molecule has 1 saturated carbocycles.